The number of hydrogen-bond acceptors (Lipinski definition) is 10. The van der Waals surface area contributed by atoms with Crippen molar-refractivity contribution in [2.45, 2.75) is 24.9 Å². The number of nitrogens with two attached hydrogens (primary N) is 1. The number of rotatable bonds is 12. The van der Waals surface area contributed by atoms with Crippen molar-refractivity contribution in [1.29, 1.82) is 0 Å². The third kappa shape index (κ3) is 6.88. The van der Waals surface area contributed by atoms with Crippen LogP contribution in [0.1, 0.15) is 12.8 Å². The number of nitrogens with zero attached hydrogens (tertiary/aromatic N) is 3. The maximum atomic E-state index is 13.0. The summed E-state index contributed by atoms with van der Waals surface area (Å²) in [4.78, 5) is 68.1. The molecule has 0 saturated carbocycles. The molecule has 0 heterocycles. The van der Waals surface area contributed by atoms with Crippen LogP contribution in [0.2, 0.25) is 0 Å². The molecule has 1 aromatic carbocycles. The minimum atomic E-state index is -1.64. The van der Waals surface area contributed by atoms with Gasteiger partial charge >= 0.3 is 11.9 Å². The first-order valence-electron chi connectivity index (χ1n) is 8.74. The van der Waals surface area contributed by atoms with Crippen LogP contribution in [0.4, 0.5) is 17.1 Å². The van der Waals surface area contributed by atoms with E-state index in [9.17, 15) is 44.5 Å². The summed E-state index contributed by atoms with van der Waals surface area (Å²) in [5.41, 5.74) is 2.63. The van der Waals surface area contributed by atoms with Crippen molar-refractivity contribution < 1.29 is 39.2 Å². The number of hydrogen-bond donors (Lipinski definition) is 5. The molecule has 0 aliphatic carbocycles. The Bertz CT molecular complexity index is 908. The average molecular weight is 473 g/mol. The van der Waals surface area contributed by atoms with Crippen molar-refractivity contribution in [2.24, 2.45) is 5.73 Å². The van der Waals surface area contributed by atoms with Crippen LogP contribution in [0.5, 0.6) is 0 Å². The van der Waals surface area contributed by atoms with Gasteiger partial charge in [0, 0.05) is 24.3 Å². The minimum Gasteiger partial charge on any atom is -0.480 e. The molecule has 1 rings (SSSR count). The van der Waals surface area contributed by atoms with E-state index >= 15 is 0 Å². The maximum Gasteiger partial charge on any atom is 0.323 e. The van der Waals surface area contributed by atoms with Gasteiger partial charge < -0.3 is 21.3 Å². The average Bonchev–Trinajstić information content (AvgIpc) is 2.72. The molecule has 5 N–H and O–H groups in total. The van der Waals surface area contributed by atoms with E-state index in [0.29, 0.717) is 4.90 Å². The van der Waals surface area contributed by atoms with E-state index in [-0.39, 0.29) is 6.42 Å². The molecule has 0 aromatic heterocycles. The number of anilines is 1. The third-order valence-electron chi connectivity index (χ3n) is 4.03. The van der Waals surface area contributed by atoms with Gasteiger partial charge in [0.15, 0.2) is 0 Å². The molecular formula is C16H19N5O10S. The second kappa shape index (κ2) is 11.6. The molecule has 2 amide bonds. The van der Waals surface area contributed by atoms with E-state index in [2.05, 4.69) is 17.9 Å². The van der Waals surface area contributed by atoms with Crippen LogP contribution in [0.25, 0.3) is 0 Å². The lowest BCUT2D eigenvalue weighted by atomic mass is 10.1. The van der Waals surface area contributed by atoms with Gasteiger partial charge in [-0.1, -0.05) is 0 Å². The highest BCUT2D eigenvalue weighted by atomic mass is 32.1. The normalized spacial score (nSPS) is 12.3. The first-order valence-corrected chi connectivity index (χ1v) is 9.37. The Labute approximate surface area is 184 Å². The Morgan fingerprint density at radius 3 is 2.06 bits per heavy atom. The number of carbonyl (C=O) groups is 4. The Morgan fingerprint density at radius 1 is 1.12 bits per heavy atom. The summed E-state index contributed by atoms with van der Waals surface area (Å²) in [5, 5.41) is 42.9. The number of nitro groups is 2. The quantitative estimate of drug-likeness (QED) is 0.148. The molecular weight excluding hydrogens is 454 g/mol. The predicted octanol–water partition coefficient (Wildman–Crippen LogP) is -0.473. The van der Waals surface area contributed by atoms with Crippen LogP contribution in [0, 0.1) is 20.2 Å². The highest BCUT2D eigenvalue weighted by Gasteiger charge is 2.37. The lowest BCUT2D eigenvalue weighted by Crippen LogP contribution is -2.51. The maximum absolute atomic E-state index is 13.0. The van der Waals surface area contributed by atoms with Crippen molar-refractivity contribution in [3.8, 4) is 0 Å². The zero-order valence-electron chi connectivity index (χ0n) is 16.2. The third-order valence-corrected chi connectivity index (χ3v) is 4.40. The lowest BCUT2D eigenvalue weighted by Gasteiger charge is -2.25. The highest BCUT2D eigenvalue weighted by molar-refractivity contribution is 7.80. The Morgan fingerprint density at radius 2 is 1.66 bits per heavy atom. The smallest absolute Gasteiger partial charge is 0.323 e. The Balaban J connectivity index is 3.32. The fourth-order valence-corrected chi connectivity index (χ4v) is 2.79. The van der Waals surface area contributed by atoms with Gasteiger partial charge in [0.2, 0.25) is 11.6 Å². The van der Waals surface area contributed by atoms with Gasteiger partial charge in [-0.15, -0.1) is 0 Å². The number of nitro benzene ring substituents is 2. The molecule has 0 aliphatic heterocycles. The van der Waals surface area contributed by atoms with Crippen LogP contribution in [-0.4, -0.2) is 68.2 Å². The van der Waals surface area contributed by atoms with Crippen LogP contribution < -0.4 is 16.0 Å². The standard InChI is InChI=1S/C16H19N5O10S/c17-8(16(26)27)4-5-12(22)18-9(7-32)15(25)19(6-13(23)24)14-10(20(28)29)2-1-3-11(14)21(30)31/h1-3,8-9,32H,4-7,17H2,(H,18,22)(H,23,24)(H,26,27). The molecule has 2 unspecified atom stereocenters. The fourth-order valence-electron chi connectivity index (χ4n) is 2.54. The van der Waals surface area contributed by atoms with Crippen LogP contribution >= 0.6 is 12.6 Å². The summed E-state index contributed by atoms with van der Waals surface area (Å²) in [5.74, 6) is -5.43. The van der Waals surface area contributed by atoms with E-state index in [1.807, 2.05) is 0 Å². The monoisotopic (exact) mass is 473 g/mol. The van der Waals surface area contributed by atoms with Gasteiger partial charge in [-0.3, -0.25) is 44.3 Å². The molecule has 16 heteroatoms. The second-order valence-electron chi connectivity index (χ2n) is 6.26. The summed E-state index contributed by atoms with van der Waals surface area (Å²) in [7, 11) is 0. The fraction of sp³-hybridized carbons (Fsp3) is 0.375. The van der Waals surface area contributed by atoms with Crippen molar-refractivity contribution >= 4 is 53.4 Å². The molecule has 0 saturated heterocycles. The van der Waals surface area contributed by atoms with Crippen LogP contribution in [0.15, 0.2) is 18.2 Å². The lowest BCUT2D eigenvalue weighted by molar-refractivity contribution is -0.392. The van der Waals surface area contributed by atoms with Gasteiger partial charge in [-0.2, -0.15) is 12.6 Å². The molecule has 0 bridgehead atoms. The molecule has 0 spiro atoms. The van der Waals surface area contributed by atoms with Crippen molar-refractivity contribution in [3.63, 3.8) is 0 Å². The molecule has 0 radical (unpaired) electrons. The van der Waals surface area contributed by atoms with Crippen molar-refractivity contribution in [2.75, 3.05) is 17.2 Å². The van der Waals surface area contributed by atoms with Gasteiger partial charge in [0.1, 0.15) is 18.6 Å². The number of benzene rings is 1. The van der Waals surface area contributed by atoms with Crippen LogP contribution in [0.3, 0.4) is 0 Å². The number of carboxylic acid groups (broad SMARTS) is 2. The molecule has 2 atom stereocenters. The number of aliphatic carboxylic acids is 2. The number of nitrogens with one attached hydrogen (secondary N) is 1. The molecule has 15 nitrogen and oxygen atoms in total. The van der Waals surface area contributed by atoms with Gasteiger partial charge in [-0.05, 0) is 12.5 Å². The number of para-hydroxylation sites is 1. The number of carboxylic acids is 2. The van der Waals surface area contributed by atoms with Crippen molar-refractivity contribution in [1.82, 2.24) is 5.32 Å². The van der Waals surface area contributed by atoms with E-state index < -0.39 is 81.5 Å². The van der Waals surface area contributed by atoms with Gasteiger partial charge in [0.05, 0.1) is 9.85 Å². The summed E-state index contributed by atoms with van der Waals surface area (Å²) < 4.78 is 0. The minimum absolute atomic E-state index is 0.275. The number of carbonyl (C=O) groups excluding carboxylic acids is 2. The molecule has 0 aliphatic rings. The molecule has 32 heavy (non-hydrogen) atoms. The summed E-state index contributed by atoms with van der Waals surface area (Å²) in [6, 6.07) is -0.181. The zero-order chi connectivity index (χ0) is 24.6. The highest BCUT2D eigenvalue weighted by Crippen LogP contribution is 2.37. The Kier molecular flexibility index (Phi) is 9.48. The first-order chi connectivity index (χ1) is 14.9. The molecule has 174 valence electrons. The predicted molar refractivity (Wildman–Crippen MR) is 110 cm³/mol. The second-order valence-corrected chi connectivity index (χ2v) is 6.63. The van der Waals surface area contributed by atoms with E-state index in [0.717, 1.165) is 18.2 Å². The summed E-state index contributed by atoms with van der Waals surface area (Å²) >= 11 is 3.91. The zero-order valence-corrected chi connectivity index (χ0v) is 17.1. The van der Waals surface area contributed by atoms with Crippen molar-refractivity contribution in [3.05, 3.63) is 38.4 Å². The van der Waals surface area contributed by atoms with Gasteiger partial charge in [0.25, 0.3) is 17.3 Å². The van der Waals surface area contributed by atoms with E-state index in [4.69, 9.17) is 10.8 Å². The largest absolute Gasteiger partial charge is 0.480 e. The Hall–Kier alpha value is -3.79. The van der Waals surface area contributed by atoms with Crippen LogP contribution in [-0.2, 0) is 19.2 Å². The first kappa shape index (κ1) is 26.2. The SMILES string of the molecule is NC(CCC(=O)NC(CS)C(=O)N(CC(=O)O)c1c([N+](=O)[O-])cccc1[N+](=O)[O-])C(=O)O. The topological polar surface area (TPSA) is 236 Å². The molecule has 1 aromatic rings. The summed E-state index contributed by atoms with van der Waals surface area (Å²) in [6.45, 7) is -1.19. The number of thiol groups is 1. The van der Waals surface area contributed by atoms with Gasteiger partial charge in [-0.25, -0.2) is 0 Å². The summed E-state index contributed by atoms with van der Waals surface area (Å²) in [6.07, 6.45) is -0.682. The van der Waals surface area contributed by atoms with E-state index in [1.54, 1.807) is 0 Å². The number of amides is 2. The molecule has 0 fully saturated rings. The van der Waals surface area contributed by atoms with E-state index in [1.165, 1.54) is 0 Å².